The molecule has 0 heterocycles. The van der Waals surface area contributed by atoms with Crippen molar-refractivity contribution in [2.24, 2.45) is 0 Å². The molecule has 150 valence electrons. The third-order valence-electron chi connectivity index (χ3n) is 4.18. The SMILES string of the molecule is Cc1ccc(OC(C)C(=O)NNC(=O)COc2cc(C)ccc2C(C)C)cc1. The quantitative estimate of drug-likeness (QED) is 0.717. The van der Waals surface area contributed by atoms with Crippen molar-refractivity contribution in [1.29, 1.82) is 0 Å². The summed E-state index contributed by atoms with van der Waals surface area (Å²) in [5, 5.41) is 0. The normalized spacial score (nSPS) is 11.6. The Kier molecular flexibility index (Phi) is 7.44. The van der Waals surface area contributed by atoms with Gasteiger partial charge in [0, 0.05) is 0 Å². The van der Waals surface area contributed by atoms with Gasteiger partial charge in [0.2, 0.25) is 0 Å². The van der Waals surface area contributed by atoms with Crippen molar-refractivity contribution in [3.63, 3.8) is 0 Å². The maximum Gasteiger partial charge on any atom is 0.279 e. The molecule has 2 N–H and O–H groups in total. The molecule has 0 aliphatic rings. The monoisotopic (exact) mass is 384 g/mol. The number of hydrogen-bond donors (Lipinski definition) is 2. The highest BCUT2D eigenvalue weighted by Crippen LogP contribution is 2.27. The molecule has 2 rings (SSSR count). The number of nitrogens with one attached hydrogen (secondary N) is 2. The summed E-state index contributed by atoms with van der Waals surface area (Å²) in [4.78, 5) is 24.1. The van der Waals surface area contributed by atoms with E-state index in [0.717, 1.165) is 16.7 Å². The number of hydrogen-bond acceptors (Lipinski definition) is 4. The fourth-order valence-corrected chi connectivity index (χ4v) is 2.53. The zero-order valence-electron chi connectivity index (χ0n) is 17.0. The van der Waals surface area contributed by atoms with Gasteiger partial charge in [-0.3, -0.25) is 20.4 Å². The van der Waals surface area contributed by atoms with E-state index >= 15 is 0 Å². The van der Waals surface area contributed by atoms with Crippen LogP contribution in [0.15, 0.2) is 42.5 Å². The lowest BCUT2D eigenvalue weighted by Crippen LogP contribution is -2.48. The van der Waals surface area contributed by atoms with E-state index in [9.17, 15) is 9.59 Å². The van der Waals surface area contributed by atoms with Crippen molar-refractivity contribution < 1.29 is 19.1 Å². The Morgan fingerprint density at radius 1 is 0.929 bits per heavy atom. The van der Waals surface area contributed by atoms with Gasteiger partial charge in [0.1, 0.15) is 11.5 Å². The fourth-order valence-electron chi connectivity index (χ4n) is 2.53. The Balaban J connectivity index is 1.81. The Hall–Kier alpha value is -3.02. The van der Waals surface area contributed by atoms with Gasteiger partial charge in [-0.25, -0.2) is 0 Å². The first-order valence-electron chi connectivity index (χ1n) is 9.31. The predicted octanol–water partition coefficient (Wildman–Crippen LogP) is 3.42. The fraction of sp³-hybridized carbons (Fsp3) is 0.364. The summed E-state index contributed by atoms with van der Waals surface area (Å²) in [5.41, 5.74) is 7.89. The molecule has 0 aliphatic heterocycles. The molecular formula is C22H28N2O4. The second-order valence-corrected chi connectivity index (χ2v) is 7.10. The van der Waals surface area contributed by atoms with Crippen LogP contribution in [0, 0.1) is 13.8 Å². The number of benzene rings is 2. The van der Waals surface area contributed by atoms with Crippen LogP contribution in [-0.4, -0.2) is 24.5 Å². The molecule has 2 aromatic carbocycles. The van der Waals surface area contributed by atoms with Crippen molar-refractivity contribution >= 4 is 11.8 Å². The number of carbonyl (C=O) groups is 2. The molecule has 6 heteroatoms. The molecule has 1 atom stereocenters. The largest absolute Gasteiger partial charge is 0.483 e. The van der Waals surface area contributed by atoms with Crippen LogP contribution in [-0.2, 0) is 9.59 Å². The molecule has 1 unspecified atom stereocenters. The van der Waals surface area contributed by atoms with Gasteiger partial charge in [-0.15, -0.1) is 0 Å². The van der Waals surface area contributed by atoms with Crippen molar-refractivity contribution in [3.05, 3.63) is 59.2 Å². The first-order valence-corrected chi connectivity index (χ1v) is 9.31. The molecule has 0 radical (unpaired) electrons. The molecule has 28 heavy (non-hydrogen) atoms. The third-order valence-corrected chi connectivity index (χ3v) is 4.18. The highest BCUT2D eigenvalue weighted by Gasteiger charge is 2.16. The minimum absolute atomic E-state index is 0.198. The molecule has 0 saturated heterocycles. The lowest BCUT2D eigenvalue weighted by atomic mass is 10.0. The van der Waals surface area contributed by atoms with E-state index in [1.807, 2.05) is 44.2 Å². The van der Waals surface area contributed by atoms with Gasteiger partial charge in [0.25, 0.3) is 11.8 Å². The third kappa shape index (κ3) is 6.30. The molecule has 0 saturated carbocycles. The van der Waals surface area contributed by atoms with Crippen LogP contribution >= 0.6 is 0 Å². The Labute approximate surface area is 166 Å². The standard InChI is InChI=1S/C22H28N2O4/c1-14(2)19-11-8-16(4)12-20(19)27-13-21(25)23-24-22(26)17(5)28-18-9-6-15(3)7-10-18/h6-12,14,17H,13H2,1-5H3,(H,23,25)(H,24,26). The summed E-state index contributed by atoms with van der Waals surface area (Å²) >= 11 is 0. The van der Waals surface area contributed by atoms with Crippen molar-refractivity contribution in [1.82, 2.24) is 10.9 Å². The summed E-state index contributed by atoms with van der Waals surface area (Å²) in [7, 11) is 0. The van der Waals surface area contributed by atoms with Crippen molar-refractivity contribution in [2.45, 2.75) is 46.6 Å². The molecule has 0 fully saturated rings. The van der Waals surface area contributed by atoms with Gasteiger partial charge in [-0.1, -0.05) is 43.7 Å². The smallest absolute Gasteiger partial charge is 0.279 e. The number of amides is 2. The van der Waals surface area contributed by atoms with Crippen molar-refractivity contribution in [2.75, 3.05) is 6.61 Å². The summed E-state index contributed by atoms with van der Waals surface area (Å²) in [5.74, 6) is 0.633. The first-order chi connectivity index (χ1) is 13.3. The number of rotatable bonds is 7. The average Bonchev–Trinajstić information content (AvgIpc) is 2.65. The molecule has 0 aromatic heterocycles. The number of aryl methyl sites for hydroxylation is 2. The van der Waals surface area contributed by atoms with Crippen LogP contribution in [0.4, 0.5) is 0 Å². The lowest BCUT2D eigenvalue weighted by Gasteiger charge is -2.16. The molecule has 0 spiro atoms. The van der Waals surface area contributed by atoms with Crippen LogP contribution in [0.3, 0.4) is 0 Å². The predicted molar refractivity (Wildman–Crippen MR) is 108 cm³/mol. The van der Waals surface area contributed by atoms with Crippen LogP contribution < -0.4 is 20.3 Å². The average molecular weight is 384 g/mol. The zero-order chi connectivity index (χ0) is 20.7. The van der Waals surface area contributed by atoms with Crippen LogP contribution in [0.2, 0.25) is 0 Å². The van der Waals surface area contributed by atoms with Gasteiger partial charge in [0.05, 0.1) is 0 Å². The molecule has 2 aromatic rings. The van der Waals surface area contributed by atoms with Crippen molar-refractivity contribution in [3.8, 4) is 11.5 Å². The van der Waals surface area contributed by atoms with Crippen LogP contribution in [0.25, 0.3) is 0 Å². The summed E-state index contributed by atoms with van der Waals surface area (Å²) in [6.07, 6.45) is -0.756. The lowest BCUT2D eigenvalue weighted by molar-refractivity contribution is -0.133. The maximum absolute atomic E-state index is 12.1. The highest BCUT2D eigenvalue weighted by atomic mass is 16.5. The molecule has 2 amide bonds. The topological polar surface area (TPSA) is 76.7 Å². The van der Waals surface area contributed by atoms with Gasteiger partial charge in [0.15, 0.2) is 12.7 Å². The Morgan fingerprint density at radius 2 is 1.57 bits per heavy atom. The Bertz CT molecular complexity index is 816. The van der Waals surface area contributed by atoms with Gasteiger partial charge in [-0.2, -0.15) is 0 Å². The molecule has 0 aliphatic carbocycles. The van der Waals surface area contributed by atoms with E-state index < -0.39 is 17.9 Å². The second-order valence-electron chi connectivity index (χ2n) is 7.10. The first kappa shape index (κ1) is 21.3. The van der Waals surface area contributed by atoms with E-state index in [-0.39, 0.29) is 12.5 Å². The summed E-state index contributed by atoms with van der Waals surface area (Å²) in [6, 6.07) is 13.3. The molecular weight excluding hydrogens is 356 g/mol. The van der Waals surface area contributed by atoms with Crippen LogP contribution in [0.1, 0.15) is 43.4 Å². The maximum atomic E-state index is 12.1. The summed E-state index contributed by atoms with van der Waals surface area (Å²) in [6.45, 7) is 9.47. The van der Waals surface area contributed by atoms with E-state index in [4.69, 9.17) is 9.47 Å². The molecule has 6 nitrogen and oxygen atoms in total. The molecule has 0 bridgehead atoms. The second kappa shape index (κ2) is 9.78. The van der Waals surface area contributed by atoms with E-state index in [1.54, 1.807) is 19.1 Å². The van der Waals surface area contributed by atoms with E-state index in [0.29, 0.717) is 11.5 Å². The highest BCUT2D eigenvalue weighted by molar-refractivity contribution is 5.85. The van der Waals surface area contributed by atoms with Gasteiger partial charge in [-0.05, 0) is 56.0 Å². The van der Waals surface area contributed by atoms with E-state index in [1.165, 1.54) is 0 Å². The van der Waals surface area contributed by atoms with E-state index in [2.05, 4.69) is 24.7 Å². The Morgan fingerprint density at radius 3 is 2.21 bits per heavy atom. The summed E-state index contributed by atoms with van der Waals surface area (Å²) < 4.78 is 11.2. The van der Waals surface area contributed by atoms with Crippen LogP contribution in [0.5, 0.6) is 11.5 Å². The number of ether oxygens (including phenoxy) is 2. The minimum Gasteiger partial charge on any atom is -0.483 e. The zero-order valence-corrected chi connectivity index (χ0v) is 17.0. The minimum atomic E-state index is -0.756. The number of hydrazine groups is 1. The number of carbonyl (C=O) groups excluding carboxylic acids is 2. The van der Waals surface area contributed by atoms with Gasteiger partial charge >= 0.3 is 0 Å². The van der Waals surface area contributed by atoms with Gasteiger partial charge < -0.3 is 9.47 Å².